The van der Waals surface area contributed by atoms with Gasteiger partial charge in [-0.2, -0.15) is 0 Å². The molecule has 110 valence electrons. The maximum absolute atomic E-state index is 11.5. The lowest BCUT2D eigenvalue weighted by Crippen LogP contribution is -2.45. The van der Waals surface area contributed by atoms with E-state index < -0.39 is 0 Å². The summed E-state index contributed by atoms with van der Waals surface area (Å²) in [5.74, 6) is 0.976. The predicted octanol–water partition coefficient (Wildman–Crippen LogP) is -0.260. The van der Waals surface area contributed by atoms with Crippen LogP contribution in [0.3, 0.4) is 0 Å². The van der Waals surface area contributed by atoms with Crippen molar-refractivity contribution in [2.24, 2.45) is 5.92 Å². The zero-order chi connectivity index (χ0) is 13.5. The van der Waals surface area contributed by atoms with Crippen LogP contribution in [0, 0.1) is 5.92 Å². The summed E-state index contributed by atoms with van der Waals surface area (Å²) in [5.41, 5.74) is 0. The lowest BCUT2D eigenvalue weighted by molar-refractivity contribution is -0.120. The van der Waals surface area contributed by atoms with Crippen LogP contribution in [0.1, 0.15) is 19.3 Å². The highest BCUT2D eigenvalue weighted by Crippen LogP contribution is 2.27. The van der Waals surface area contributed by atoms with Gasteiger partial charge in [0.1, 0.15) is 0 Å². The molecule has 1 saturated heterocycles. The van der Waals surface area contributed by atoms with Crippen LogP contribution in [0.4, 0.5) is 0 Å². The van der Waals surface area contributed by atoms with Gasteiger partial charge in [0, 0.05) is 32.7 Å². The third-order valence-corrected chi connectivity index (χ3v) is 3.98. The van der Waals surface area contributed by atoms with Crippen molar-refractivity contribution in [3.8, 4) is 0 Å². The Morgan fingerprint density at radius 3 is 2.63 bits per heavy atom. The highest BCUT2D eigenvalue weighted by Gasteiger charge is 2.20. The van der Waals surface area contributed by atoms with Crippen molar-refractivity contribution in [1.82, 2.24) is 20.4 Å². The molecule has 0 bridgehead atoms. The van der Waals surface area contributed by atoms with Crippen LogP contribution in [0.15, 0.2) is 0 Å². The van der Waals surface area contributed by atoms with Gasteiger partial charge in [-0.1, -0.05) is 0 Å². The summed E-state index contributed by atoms with van der Waals surface area (Å²) >= 11 is 0. The summed E-state index contributed by atoms with van der Waals surface area (Å²) in [6.07, 6.45) is 3.72. The number of hydrogen-bond acceptors (Lipinski definition) is 4. The van der Waals surface area contributed by atoms with Gasteiger partial charge in [-0.15, -0.1) is 0 Å². The molecule has 0 radical (unpaired) electrons. The molecule has 5 heteroatoms. The smallest absolute Gasteiger partial charge is 0.233 e. The third kappa shape index (κ3) is 6.36. The van der Waals surface area contributed by atoms with Crippen LogP contribution >= 0.6 is 0 Å². The summed E-state index contributed by atoms with van der Waals surface area (Å²) in [6, 6.07) is 0. The summed E-state index contributed by atoms with van der Waals surface area (Å²) in [5, 5.41) is 6.20. The topological polar surface area (TPSA) is 47.6 Å². The van der Waals surface area contributed by atoms with Gasteiger partial charge in [0.2, 0.25) is 5.91 Å². The number of piperazine rings is 1. The van der Waals surface area contributed by atoms with Gasteiger partial charge < -0.3 is 20.4 Å². The molecule has 0 aromatic rings. The van der Waals surface area contributed by atoms with E-state index in [2.05, 4.69) is 27.5 Å². The molecular weight excluding hydrogens is 240 g/mol. The molecule has 0 spiro atoms. The van der Waals surface area contributed by atoms with E-state index in [-0.39, 0.29) is 5.91 Å². The van der Waals surface area contributed by atoms with Gasteiger partial charge in [0.05, 0.1) is 6.54 Å². The standard InChI is InChI=1S/C14H28N4O/c1-17-7-9-18(10-8-17)6-2-5-16-14(19)12-15-11-13-3-4-13/h13,15H,2-12H2,1H3,(H,16,19). The number of carbonyl (C=O) groups is 1. The Morgan fingerprint density at radius 1 is 1.21 bits per heavy atom. The van der Waals surface area contributed by atoms with Crippen LogP contribution in [0.2, 0.25) is 0 Å². The molecule has 1 aliphatic carbocycles. The maximum Gasteiger partial charge on any atom is 0.233 e. The lowest BCUT2D eigenvalue weighted by Gasteiger charge is -2.32. The fraction of sp³-hybridized carbons (Fsp3) is 0.929. The van der Waals surface area contributed by atoms with Crippen molar-refractivity contribution >= 4 is 5.91 Å². The van der Waals surface area contributed by atoms with E-state index in [0.717, 1.165) is 58.2 Å². The number of rotatable bonds is 8. The number of hydrogen-bond donors (Lipinski definition) is 2. The minimum absolute atomic E-state index is 0.138. The molecule has 2 aliphatic rings. The fourth-order valence-corrected chi connectivity index (χ4v) is 2.38. The predicted molar refractivity (Wildman–Crippen MR) is 77.2 cm³/mol. The number of nitrogens with one attached hydrogen (secondary N) is 2. The molecule has 1 aliphatic heterocycles. The number of carbonyl (C=O) groups excluding carboxylic acids is 1. The molecule has 5 nitrogen and oxygen atoms in total. The van der Waals surface area contributed by atoms with Gasteiger partial charge in [-0.3, -0.25) is 4.79 Å². The van der Waals surface area contributed by atoms with Crippen LogP contribution in [0.5, 0.6) is 0 Å². The molecule has 0 aromatic heterocycles. The van der Waals surface area contributed by atoms with Gasteiger partial charge in [0.15, 0.2) is 0 Å². The molecule has 19 heavy (non-hydrogen) atoms. The Labute approximate surface area is 116 Å². The van der Waals surface area contributed by atoms with Gasteiger partial charge in [-0.05, 0) is 45.3 Å². The van der Waals surface area contributed by atoms with E-state index >= 15 is 0 Å². The normalized spacial score (nSPS) is 21.5. The summed E-state index contributed by atoms with van der Waals surface area (Å²) in [6.45, 7) is 8.04. The molecule has 1 saturated carbocycles. The zero-order valence-corrected chi connectivity index (χ0v) is 12.2. The van der Waals surface area contributed by atoms with E-state index in [1.807, 2.05) is 0 Å². The second-order valence-corrected chi connectivity index (χ2v) is 5.92. The SMILES string of the molecule is CN1CCN(CCCNC(=O)CNCC2CC2)CC1. The zero-order valence-electron chi connectivity index (χ0n) is 12.2. The first-order valence-corrected chi connectivity index (χ1v) is 7.62. The second kappa shape index (κ2) is 7.82. The minimum atomic E-state index is 0.138. The Kier molecular flexibility index (Phi) is 6.07. The molecule has 1 heterocycles. The first-order valence-electron chi connectivity index (χ1n) is 7.62. The van der Waals surface area contributed by atoms with E-state index in [0.29, 0.717) is 6.54 Å². The minimum Gasteiger partial charge on any atom is -0.355 e. The van der Waals surface area contributed by atoms with Gasteiger partial charge in [0.25, 0.3) is 0 Å². The van der Waals surface area contributed by atoms with Crippen LogP contribution in [-0.4, -0.2) is 75.1 Å². The monoisotopic (exact) mass is 268 g/mol. The van der Waals surface area contributed by atoms with E-state index in [1.165, 1.54) is 12.8 Å². The Morgan fingerprint density at radius 2 is 1.95 bits per heavy atom. The first kappa shape index (κ1) is 14.8. The summed E-state index contributed by atoms with van der Waals surface area (Å²) < 4.78 is 0. The van der Waals surface area contributed by atoms with Crippen molar-refractivity contribution in [2.45, 2.75) is 19.3 Å². The van der Waals surface area contributed by atoms with Crippen molar-refractivity contribution in [3.05, 3.63) is 0 Å². The second-order valence-electron chi connectivity index (χ2n) is 5.92. The summed E-state index contributed by atoms with van der Waals surface area (Å²) in [7, 11) is 2.17. The van der Waals surface area contributed by atoms with Crippen LogP contribution < -0.4 is 10.6 Å². The molecule has 0 unspecified atom stereocenters. The highest BCUT2D eigenvalue weighted by molar-refractivity contribution is 5.77. The molecule has 2 fully saturated rings. The average molecular weight is 268 g/mol. The van der Waals surface area contributed by atoms with E-state index in [4.69, 9.17) is 0 Å². The van der Waals surface area contributed by atoms with Crippen LogP contribution in [-0.2, 0) is 4.79 Å². The quantitative estimate of drug-likeness (QED) is 0.596. The van der Waals surface area contributed by atoms with Crippen molar-refractivity contribution < 1.29 is 4.79 Å². The van der Waals surface area contributed by atoms with Gasteiger partial charge in [-0.25, -0.2) is 0 Å². The number of nitrogens with zero attached hydrogens (tertiary/aromatic N) is 2. The van der Waals surface area contributed by atoms with Crippen molar-refractivity contribution in [3.63, 3.8) is 0 Å². The molecule has 0 aromatic carbocycles. The first-order chi connectivity index (χ1) is 9.24. The molecule has 0 atom stereocenters. The molecule has 2 N–H and O–H groups in total. The Balaban J connectivity index is 1.41. The van der Waals surface area contributed by atoms with Crippen molar-refractivity contribution in [2.75, 3.05) is 59.4 Å². The number of likely N-dealkylation sites (N-methyl/N-ethyl adjacent to an activating group) is 1. The highest BCUT2D eigenvalue weighted by atomic mass is 16.1. The largest absolute Gasteiger partial charge is 0.355 e. The van der Waals surface area contributed by atoms with Crippen LogP contribution in [0.25, 0.3) is 0 Å². The van der Waals surface area contributed by atoms with Gasteiger partial charge >= 0.3 is 0 Å². The van der Waals surface area contributed by atoms with E-state index in [9.17, 15) is 4.79 Å². The number of amides is 1. The Hall–Kier alpha value is -0.650. The molecular formula is C14H28N4O. The third-order valence-electron chi connectivity index (χ3n) is 3.98. The van der Waals surface area contributed by atoms with Crippen molar-refractivity contribution in [1.29, 1.82) is 0 Å². The Bertz CT molecular complexity index is 273. The fourth-order valence-electron chi connectivity index (χ4n) is 2.38. The maximum atomic E-state index is 11.5. The summed E-state index contributed by atoms with van der Waals surface area (Å²) in [4.78, 5) is 16.4. The molecule has 2 rings (SSSR count). The average Bonchev–Trinajstić information content (AvgIpc) is 3.21. The lowest BCUT2D eigenvalue weighted by atomic mass is 10.3. The molecule has 1 amide bonds. The van der Waals surface area contributed by atoms with E-state index in [1.54, 1.807) is 0 Å².